The molecule has 0 spiro atoms. The van der Waals surface area contributed by atoms with Gasteiger partial charge in [-0.2, -0.15) is 0 Å². The van der Waals surface area contributed by atoms with E-state index in [1.54, 1.807) is 12.1 Å². The second kappa shape index (κ2) is 4.72. The minimum atomic E-state index is -0.953. The summed E-state index contributed by atoms with van der Waals surface area (Å²) in [6.45, 7) is 3.98. The maximum absolute atomic E-state index is 12.2. The van der Waals surface area contributed by atoms with Crippen molar-refractivity contribution in [2.75, 3.05) is 0 Å². The summed E-state index contributed by atoms with van der Waals surface area (Å²) in [5.74, 6) is -1.27. The van der Waals surface area contributed by atoms with Crippen LogP contribution >= 0.6 is 15.9 Å². The van der Waals surface area contributed by atoms with E-state index in [1.165, 1.54) is 4.90 Å². The van der Waals surface area contributed by atoms with Crippen LogP contribution in [0.4, 0.5) is 0 Å². The van der Waals surface area contributed by atoms with Crippen LogP contribution in [0, 0.1) is 5.92 Å². The summed E-state index contributed by atoms with van der Waals surface area (Å²) >= 11 is 3.35. The quantitative estimate of drug-likeness (QED) is 0.933. The molecule has 0 aliphatic carbocycles. The zero-order chi connectivity index (χ0) is 13.4. The molecule has 1 aliphatic heterocycles. The fourth-order valence-corrected chi connectivity index (χ4v) is 2.72. The molecule has 1 aromatic carbocycles. The molecule has 0 saturated carbocycles. The van der Waals surface area contributed by atoms with Gasteiger partial charge in [-0.25, -0.2) is 4.79 Å². The van der Waals surface area contributed by atoms with Crippen LogP contribution in [-0.4, -0.2) is 27.9 Å². The molecule has 1 aliphatic rings. The lowest BCUT2D eigenvalue weighted by molar-refractivity contribution is -0.144. The number of benzene rings is 1. The Labute approximate surface area is 114 Å². The zero-order valence-electron chi connectivity index (χ0n) is 10.2. The highest BCUT2D eigenvalue weighted by atomic mass is 79.9. The van der Waals surface area contributed by atoms with Crippen molar-refractivity contribution in [2.24, 2.45) is 5.92 Å². The van der Waals surface area contributed by atoms with Crippen molar-refractivity contribution in [1.82, 2.24) is 4.90 Å². The Morgan fingerprint density at radius 2 is 2.11 bits per heavy atom. The van der Waals surface area contributed by atoms with Crippen LogP contribution in [0.3, 0.4) is 0 Å². The second-order valence-electron chi connectivity index (χ2n) is 4.76. The van der Waals surface area contributed by atoms with Crippen LogP contribution in [0.15, 0.2) is 22.7 Å². The number of amides is 1. The van der Waals surface area contributed by atoms with Crippen molar-refractivity contribution >= 4 is 27.8 Å². The normalized spacial score (nSPS) is 16.0. The molecule has 2 rings (SSSR count). The van der Waals surface area contributed by atoms with Crippen LogP contribution in [-0.2, 0) is 11.3 Å². The lowest BCUT2D eigenvalue weighted by Gasteiger charge is -2.27. The van der Waals surface area contributed by atoms with Crippen molar-refractivity contribution in [2.45, 2.75) is 26.4 Å². The van der Waals surface area contributed by atoms with Gasteiger partial charge >= 0.3 is 5.97 Å². The molecule has 1 heterocycles. The highest BCUT2D eigenvalue weighted by Crippen LogP contribution is 2.29. The summed E-state index contributed by atoms with van der Waals surface area (Å²) in [5.41, 5.74) is 1.48. The molecule has 96 valence electrons. The number of carbonyl (C=O) groups excluding carboxylic acids is 1. The van der Waals surface area contributed by atoms with E-state index < -0.39 is 12.0 Å². The standard InChI is InChI=1S/C13H14BrNO3/c1-7(2)11(13(17)18)15-6-8-5-9(14)3-4-10(8)12(15)16/h3-5,7,11H,6H2,1-2H3,(H,17,18). The maximum Gasteiger partial charge on any atom is 0.326 e. The first-order chi connectivity index (χ1) is 8.41. The molecule has 1 amide bonds. The Kier molecular flexibility index (Phi) is 3.43. The van der Waals surface area contributed by atoms with Gasteiger partial charge in [-0.3, -0.25) is 4.79 Å². The lowest BCUT2D eigenvalue weighted by atomic mass is 10.0. The Bertz CT molecular complexity index is 513. The summed E-state index contributed by atoms with van der Waals surface area (Å²) < 4.78 is 0.896. The first kappa shape index (κ1) is 13.1. The fourth-order valence-electron chi connectivity index (χ4n) is 2.31. The molecule has 1 atom stereocenters. The molecule has 18 heavy (non-hydrogen) atoms. The van der Waals surface area contributed by atoms with Gasteiger partial charge in [-0.05, 0) is 29.7 Å². The third kappa shape index (κ3) is 2.14. The average molecular weight is 312 g/mol. The third-order valence-corrected chi connectivity index (χ3v) is 3.61. The summed E-state index contributed by atoms with van der Waals surface area (Å²) in [6.07, 6.45) is 0. The van der Waals surface area contributed by atoms with E-state index in [4.69, 9.17) is 0 Å². The smallest absolute Gasteiger partial charge is 0.326 e. The van der Waals surface area contributed by atoms with Crippen molar-refractivity contribution in [3.8, 4) is 0 Å². The van der Waals surface area contributed by atoms with Crippen molar-refractivity contribution in [3.05, 3.63) is 33.8 Å². The number of nitrogens with zero attached hydrogens (tertiary/aromatic N) is 1. The molecule has 0 fully saturated rings. The van der Waals surface area contributed by atoms with E-state index in [9.17, 15) is 14.7 Å². The number of carbonyl (C=O) groups is 2. The van der Waals surface area contributed by atoms with Gasteiger partial charge < -0.3 is 10.0 Å². The Morgan fingerprint density at radius 1 is 1.44 bits per heavy atom. The number of hydrogen-bond acceptors (Lipinski definition) is 2. The zero-order valence-corrected chi connectivity index (χ0v) is 11.8. The number of carboxylic acids is 1. The van der Waals surface area contributed by atoms with Crippen LogP contribution in [0.2, 0.25) is 0 Å². The van der Waals surface area contributed by atoms with Crippen LogP contribution in [0.1, 0.15) is 29.8 Å². The van der Waals surface area contributed by atoms with Gasteiger partial charge in [0.15, 0.2) is 0 Å². The molecule has 1 aromatic rings. The van der Waals surface area contributed by atoms with Gasteiger partial charge in [0.25, 0.3) is 5.91 Å². The maximum atomic E-state index is 12.2. The lowest BCUT2D eigenvalue weighted by Crippen LogP contribution is -2.44. The van der Waals surface area contributed by atoms with Gasteiger partial charge in [0.1, 0.15) is 6.04 Å². The van der Waals surface area contributed by atoms with Gasteiger partial charge in [0, 0.05) is 16.6 Å². The number of hydrogen-bond donors (Lipinski definition) is 1. The first-order valence-electron chi connectivity index (χ1n) is 5.74. The number of rotatable bonds is 3. The summed E-state index contributed by atoms with van der Waals surface area (Å²) in [7, 11) is 0. The van der Waals surface area contributed by atoms with E-state index in [0.717, 1.165) is 10.0 Å². The summed E-state index contributed by atoms with van der Waals surface area (Å²) in [5, 5.41) is 9.25. The fraction of sp³-hybridized carbons (Fsp3) is 0.385. The molecular weight excluding hydrogens is 298 g/mol. The largest absolute Gasteiger partial charge is 0.480 e. The van der Waals surface area contributed by atoms with Crippen molar-refractivity contribution in [1.29, 1.82) is 0 Å². The van der Waals surface area contributed by atoms with E-state index in [0.29, 0.717) is 12.1 Å². The minimum Gasteiger partial charge on any atom is -0.480 e. The van der Waals surface area contributed by atoms with Gasteiger partial charge in [0.2, 0.25) is 0 Å². The van der Waals surface area contributed by atoms with Crippen LogP contribution in [0.5, 0.6) is 0 Å². The SMILES string of the molecule is CC(C)C(C(=O)O)N1Cc2cc(Br)ccc2C1=O. The topological polar surface area (TPSA) is 57.6 Å². The average Bonchev–Trinajstić information content (AvgIpc) is 2.55. The van der Waals surface area contributed by atoms with Gasteiger partial charge in [-0.15, -0.1) is 0 Å². The molecule has 1 N–H and O–H groups in total. The van der Waals surface area contributed by atoms with E-state index in [2.05, 4.69) is 15.9 Å². The Hall–Kier alpha value is -1.36. The number of fused-ring (bicyclic) bond motifs is 1. The molecule has 0 radical (unpaired) electrons. The molecule has 0 aromatic heterocycles. The monoisotopic (exact) mass is 311 g/mol. The van der Waals surface area contributed by atoms with Gasteiger partial charge in [-0.1, -0.05) is 29.8 Å². The summed E-state index contributed by atoms with van der Waals surface area (Å²) in [4.78, 5) is 24.9. The third-order valence-electron chi connectivity index (χ3n) is 3.12. The first-order valence-corrected chi connectivity index (χ1v) is 6.53. The minimum absolute atomic E-state index is 0.121. The van der Waals surface area contributed by atoms with Crippen LogP contribution in [0.25, 0.3) is 0 Å². The van der Waals surface area contributed by atoms with E-state index in [-0.39, 0.29) is 11.8 Å². The Morgan fingerprint density at radius 3 is 2.67 bits per heavy atom. The Balaban J connectivity index is 2.36. The molecular formula is C13H14BrNO3. The number of carboxylic acid groups (broad SMARTS) is 1. The summed E-state index contributed by atoms with van der Waals surface area (Å²) in [6, 6.07) is 4.63. The highest BCUT2D eigenvalue weighted by molar-refractivity contribution is 9.10. The molecule has 4 nitrogen and oxygen atoms in total. The van der Waals surface area contributed by atoms with Crippen molar-refractivity contribution < 1.29 is 14.7 Å². The molecule has 5 heteroatoms. The number of halogens is 1. The highest BCUT2D eigenvalue weighted by Gasteiger charge is 2.37. The van der Waals surface area contributed by atoms with Gasteiger partial charge in [0.05, 0.1) is 0 Å². The van der Waals surface area contributed by atoms with E-state index in [1.807, 2.05) is 19.9 Å². The van der Waals surface area contributed by atoms with E-state index >= 15 is 0 Å². The van der Waals surface area contributed by atoms with Crippen LogP contribution < -0.4 is 0 Å². The predicted molar refractivity (Wildman–Crippen MR) is 70.3 cm³/mol. The molecule has 0 bridgehead atoms. The molecule has 1 unspecified atom stereocenters. The van der Waals surface area contributed by atoms with Crippen molar-refractivity contribution in [3.63, 3.8) is 0 Å². The molecule has 0 saturated heterocycles. The number of aliphatic carboxylic acids is 1. The predicted octanol–water partition coefficient (Wildman–Crippen LogP) is 2.51. The second-order valence-corrected chi connectivity index (χ2v) is 5.68.